The molecule has 0 unspecified atom stereocenters. The molecule has 0 fully saturated rings. The van der Waals surface area contributed by atoms with Crippen LogP contribution in [-0.2, 0) is 9.53 Å². The van der Waals surface area contributed by atoms with Crippen LogP contribution in [0, 0.1) is 5.92 Å². The largest absolute Gasteiger partial charge is 0.464 e. The Hall–Kier alpha value is -2.36. The van der Waals surface area contributed by atoms with E-state index in [4.69, 9.17) is 4.74 Å². The fourth-order valence-electron chi connectivity index (χ4n) is 2.23. The zero-order valence-electron chi connectivity index (χ0n) is 9.91. The third-order valence-electron chi connectivity index (χ3n) is 3.04. The van der Waals surface area contributed by atoms with E-state index in [1.807, 2.05) is 53.4 Å². The van der Waals surface area contributed by atoms with E-state index in [1.165, 1.54) is 7.11 Å². The second-order valence-corrected chi connectivity index (χ2v) is 4.07. The maximum Gasteiger partial charge on any atom is 0.358 e. The van der Waals surface area contributed by atoms with Gasteiger partial charge < -0.3 is 9.30 Å². The summed E-state index contributed by atoms with van der Waals surface area (Å²) in [5.74, 6) is -0.376. The predicted octanol–water partition coefficient (Wildman–Crippen LogP) is 2.03. The van der Waals surface area contributed by atoms with Crippen LogP contribution < -0.4 is 0 Å². The molecule has 3 rings (SSSR count). The average molecular weight is 240 g/mol. The van der Waals surface area contributed by atoms with E-state index in [0.29, 0.717) is 5.70 Å². The summed E-state index contributed by atoms with van der Waals surface area (Å²) in [6.45, 7) is 0. The van der Waals surface area contributed by atoms with Crippen molar-refractivity contribution in [1.82, 2.24) is 4.57 Å². The van der Waals surface area contributed by atoms with E-state index in [9.17, 15) is 4.79 Å². The van der Waals surface area contributed by atoms with Crippen molar-refractivity contribution in [1.29, 1.82) is 0 Å². The molecule has 18 heavy (non-hydrogen) atoms. The molecule has 1 aromatic rings. The molecule has 1 aliphatic heterocycles. The van der Waals surface area contributed by atoms with Gasteiger partial charge in [-0.2, -0.15) is 0 Å². The Kier molecular flexibility index (Phi) is 2.48. The number of esters is 1. The lowest BCUT2D eigenvalue weighted by atomic mass is 9.96. The summed E-state index contributed by atoms with van der Waals surface area (Å²) < 4.78 is 6.72. The lowest BCUT2D eigenvalue weighted by Gasteiger charge is -2.15. The van der Waals surface area contributed by atoms with Crippen molar-refractivity contribution in [3.05, 3.63) is 54.5 Å². The lowest BCUT2D eigenvalue weighted by Crippen LogP contribution is -2.14. The summed E-state index contributed by atoms with van der Waals surface area (Å²) in [4.78, 5) is 16.2. The number of methoxy groups -OCH3 is 1. The highest BCUT2D eigenvalue weighted by Crippen LogP contribution is 2.33. The van der Waals surface area contributed by atoms with Gasteiger partial charge in [0.05, 0.1) is 24.4 Å². The summed E-state index contributed by atoms with van der Waals surface area (Å²) >= 11 is 0. The number of hydrogen-bond donors (Lipinski definition) is 0. The van der Waals surface area contributed by atoms with Crippen molar-refractivity contribution in [3.63, 3.8) is 0 Å². The van der Waals surface area contributed by atoms with Crippen LogP contribution in [-0.4, -0.2) is 23.4 Å². The molecule has 1 aliphatic carbocycles. The molecule has 1 aromatic heterocycles. The molecule has 1 atom stereocenters. The number of carbonyl (C=O) groups is 1. The van der Waals surface area contributed by atoms with E-state index >= 15 is 0 Å². The highest BCUT2D eigenvalue weighted by molar-refractivity contribution is 6.14. The maximum atomic E-state index is 11.8. The van der Waals surface area contributed by atoms with E-state index < -0.39 is 5.97 Å². The molecule has 0 radical (unpaired) electrons. The van der Waals surface area contributed by atoms with Gasteiger partial charge in [0.2, 0.25) is 0 Å². The van der Waals surface area contributed by atoms with Crippen molar-refractivity contribution in [2.45, 2.75) is 0 Å². The van der Waals surface area contributed by atoms with Gasteiger partial charge in [0.25, 0.3) is 0 Å². The molecule has 0 N–H and O–H groups in total. The number of carbonyl (C=O) groups excluding carboxylic acids is 1. The van der Waals surface area contributed by atoms with Gasteiger partial charge in [-0.3, -0.25) is 0 Å². The van der Waals surface area contributed by atoms with Crippen LogP contribution in [0.25, 0.3) is 5.70 Å². The molecule has 0 aromatic carbocycles. The zero-order valence-corrected chi connectivity index (χ0v) is 9.91. The molecule has 90 valence electrons. The van der Waals surface area contributed by atoms with Crippen LogP contribution in [0.15, 0.2) is 59.5 Å². The molecule has 4 heteroatoms. The van der Waals surface area contributed by atoms with Gasteiger partial charge in [0.15, 0.2) is 5.70 Å². The monoisotopic (exact) mass is 240 g/mol. The molecular weight excluding hydrogens is 228 g/mol. The SMILES string of the molecule is COC(=O)C1=C(n2cccc2)[C@H]2C=CC=CC2=N1. The van der Waals surface area contributed by atoms with Crippen molar-refractivity contribution < 1.29 is 9.53 Å². The molecule has 0 saturated carbocycles. The Morgan fingerprint density at radius 2 is 2.11 bits per heavy atom. The smallest absolute Gasteiger partial charge is 0.358 e. The Morgan fingerprint density at radius 3 is 2.83 bits per heavy atom. The first kappa shape index (κ1) is 10.8. The molecule has 2 aliphatic rings. The van der Waals surface area contributed by atoms with Gasteiger partial charge in [-0.25, -0.2) is 9.79 Å². The first-order valence-electron chi connectivity index (χ1n) is 5.70. The molecule has 0 bridgehead atoms. The normalized spacial score (nSPS) is 20.9. The summed E-state index contributed by atoms with van der Waals surface area (Å²) in [5, 5.41) is 0. The van der Waals surface area contributed by atoms with Gasteiger partial charge >= 0.3 is 5.97 Å². The number of fused-ring (bicyclic) bond motifs is 1. The minimum atomic E-state index is -0.401. The van der Waals surface area contributed by atoms with Gasteiger partial charge in [0.1, 0.15) is 0 Å². The zero-order chi connectivity index (χ0) is 12.5. The van der Waals surface area contributed by atoms with Crippen molar-refractivity contribution >= 4 is 17.4 Å². The summed E-state index contributed by atoms with van der Waals surface area (Å²) in [6.07, 6.45) is 11.6. The number of allylic oxidation sites excluding steroid dienone is 5. The van der Waals surface area contributed by atoms with Crippen molar-refractivity contribution in [2.24, 2.45) is 10.9 Å². The molecular formula is C14H12N2O2. The fourth-order valence-corrected chi connectivity index (χ4v) is 2.23. The van der Waals surface area contributed by atoms with E-state index in [0.717, 1.165) is 11.4 Å². The number of nitrogens with zero attached hydrogens (tertiary/aromatic N) is 2. The van der Waals surface area contributed by atoms with Crippen LogP contribution >= 0.6 is 0 Å². The quantitative estimate of drug-likeness (QED) is 0.742. The van der Waals surface area contributed by atoms with Crippen LogP contribution in [0.4, 0.5) is 0 Å². The minimum Gasteiger partial charge on any atom is -0.464 e. The molecule has 0 amide bonds. The first-order valence-corrected chi connectivity index (χ1v) is 5.70. The Morgan fingerprint density at radius 1 is 1.33 bits per heavy atom. The number of aromatic nitrogens is 1. The third-order valence-corrected chi connectivity index (χ3v) is 3.04. The molecule has 0 saturated heterocycles. The van der Waals surface area contributed by atoms with Crippen molar-refractivity contribution in [2.75, 3.05) is 7.11 Å². The number of hydrogen-bond acceptors (Lipinski definition) is 3. The first-order chi connectivity index (χ1) is 8.81. The topological polar surface area (TPSA) is 43.6 Å². The second kappa shape index (κ2) is 4.14. The number of ether oxygens (including phenoxy) is 1. The van der Waals surface area contributed by atoms with Gasteiger partial charge in [-0.05, 0) is 18.2 Å². The Labute approximate surface area is 105 Å². The molecule has 2 heterocycles. The summed E-state index contributed by atoms with van der Waals surface area (Å²) in [7, 11) is 1.37. The van der Waals surface area contributed by atoms with Crippen LogP contribution in [0.1, 0.15) is 0 Å². The van der Waals surface area contributed by atoms with Crippen LogP contribution in [0.2, 0.25) is 0 Å². The fraction of sp³-hybridized carbons (Fsp3) is 0.143. The van der Waals surface area contributed by atoms with Crippen molar-refractivity contribution in [3.8, 4) is 0 Å². The minimum absolute atomic E-state index is 0.0245. The van der Waals surface area contributed by atoms with Crippen LogP contribution in [0.3, 0.4) is 0 Å². The van der Waals surface area contributed by atoms with E-state index in [2.05, 4.69) is 4.99 Å². The standard InChI is InChI=1S/C14H12N2O2/c1-18-14(17)12-13(16-8-4-5-9-16)10-6-2-3-7-11(10)15-12/h2-10H,1H3/t10-/m0/s1. The van der Waals surface area contributed by atoms with E-state index in [-0.39, 0.29) is 5.92 Å². The van der Waals surface area contributed by atoms with Crippen LogP contribution in [0.5, 0.6) is 0 Å². The Bertz CT molecular complexity index is 604. The van der Waals surface area contributed by atoms with Gasteiger partial charge in [-0.15, -0.1) is 0 Å². The van der Waals surface area contributed by atoms with Gasteiger partial charge in [-0.1, -0.05) is 18.2 Å². The summed E-state index contributed by atoms with van der Waals surface area (Å²) in [6, 6.07) is 3.84. The second-order valence-electron chi connectivity index (χ2n) is 4.07. The lowest BCUT2D eigenvalue weighted by molar-refractivity contribution is -0.136. The predicted molar refractivity (Wildman–Crippen MR) is 68.9 cm³/mol. The summed E-state index contributed by atoms with van der Waals surface area (Å²) in [5.41, 5.74) is 2.11. The highest BCUT2D eigenvalue weighted by Gasteiger charge is 2.32. The number of aliphatic imine (C=N–C) groups is 1. The van der Waals surface area contributed by atoms with E-state index in [1.54, 1.807) is 0 Å². The highest BCUT2D eigenvalue weighted by atomic mass is 16.5. The molecule has 0 spiro atoms. The number of rotatable bonds is 2. The Balaban J connectivity index is 2.14. The molecule has 4 nitrogen and oxygen atoms in total. The maximum absolute atomic E-state index is 11.8. The average Bonchev–Trinajstić information content (AvgIpc) is 3.03. The third kappa shape index (κ3) is 1.54. The van der Waals surface area contributed by atoms with Gasteiger partial charge in [0, 0.05) is 12.4 Å².